The molecule has 1 saturated heterocycles. The third-order valence-electron chi connectivity index (χ3n) is 4.18. The summed E-state index contributed by atoms with van der Waals surface area (Å²) in [5.74, 6) is 1.38. The van der Waals surface area contributed by atoms with Crippen LogP contribution in [0.3, 0.4) is 0 Å². The molecule has 1 unspecified atom stereocenters. The maximum absolute atomic E-state index is 12.3. The number of benzene rings is 1. The number of nitrogens with zero attached hydrogens (tertiary/aromatic N) is 4. The molecule has 1 aromatic carbocycles. The summed E-state index contributed by atoms with van der Waals surface area (Å²) >= 11 is 1.36. The highest BCUT2D eigenvalue weighted by atomic mass is 32.1. The Morgan fingerprint density at radius 3 is 3.12 bits per heavy atom. The molecule has 1 N–H and O–H groups in total. The van der Waals surface area contributed by atoms with Crippen molar-refractivity contribution >= 4 is 27.6 Å². The molecule has 2 aromatic heterocycles. The number of aromatic nitrogens is 4. The number of hydrogen-bond acceptors (Lipinski definition) is 7. The average Bonchev–Trinajstić information content (AvgIpc) is 3.24. The summed E-state index contributed by atoms with van der Waals surface area (Å²) in [7, 11) is 1.63. The van der Waals surface area contributed by atoms with Gasteiger partial charge in [-0.25, -0.2) is 9.97 Å². The molecule has 1 aliphatic rings. The molecule has 0 radical (unpaired) electrons. The summed E-state index contributed by atoms with van der Waals surface area (Å²) in [4.78, 5) is 26.7. The molecule has 124 valence electrons. The van der Waals surface area contributed by atoms with Gasteiger partial charge < -0.3 is 14.6 Å². The lowest BCUT2D eigenvalue weighted by Gasteiger charge is -2.22. The second-order valence-electron chi connectivity index (χ2n) is 5.75. The molecule has 0 aliphatic carbocycles. The molecule has 1 fully saturated rings. The van der Waals surface area contributed by atoms with Crippen LogP contribution in [0.5, 0.6) is 0 Å². The standard InChI is InChI=1S/C16H17N5O2S/c1-23-9-13-18-16(24-20-13)21-8-4-7-12(21)14-17-11-6-3-2-5-10(11)15(22)19-14/h2-3,5-6,12H,4,7-9H2,1H3,(H,17,19,22). The van der Waals surface area contributed by atoms with Crippen molar-refractivity contribution in [2.24, 2.45) is 0 Å². The van der Waals surface area contributed by atoms with Crippen molar-refractivity contribution < 1.29 is 4.74 Å². The molecule has 7 nitrogen and oxygen atoms in total. The number of aromatic amines is 1. The number of rotatable bonds is 4. The van der Waals surface area contributed by atoms with E-state index in [-0.39, 0.29) is 11.6 Å². The SMILES string of the molecule is COCc1nsc(N2CCCC2c2nc3ccccc3c(=O)[nH]2)n1. The molecule has 1 atom stereocenters. The van der Waals surface area contributed by atoms with Gasteiger partial charge in [0.15, 0.2) is 5.82 Å². The first kappa shape index (κ1) is 15.2. The molecule has 8 heteroatoms. The first-order valence-corrected chi connectivity index (χ1v) is 8.61. The highest BCUT2D eigenvalue weighted by Gasteiger charge is 2.30. The van der Waals surface area contributed by atoms with Crippen LogP contribution in [0.15, 0.2) is 29.1 Å². The quantitative estimate of drug-likeness (QED) is 0.782. The van der Waals surface area contributed by atoms with E-state index in [1.54, 1.807) is 13.2 Å². The van der Waals surface area contributed by atoms with Gasteiger partial charge in [-0.2, -0.15) is 4.37 Å². The molecule has 1 aliphatic heterocycles. The average molecular weight is 343 g/mol. The maximum atomic E-state index is 12.3. The lowest BCUT2D eigenvalue weighted by Crippen LogP contribution is -2.26. The van der Waals surface area contributed by atoms with Crippen molar-refractivity contribution in [3.05, 3.63) is 46.3 Å². The van der Waals surface area contributed by atoms with Crippen LogP contribution in [0.4, 0.5) is 5.13 Å². The summed E-state index contributed by atoms with van der Waals surface area (Å²) in [5, 5.41) is 1.46. The lowest BCUT2D eigenvalue weighted by molar-refractivity contribution is 0.179. The van der Waals surface area contributed by atoms with E-state index in [0.717, 1.165) is 30.0 Å². The zero-order valence-electron chi connectivity index (χ0n) is 13.2. The largest absolute Gasteiger partial charge is 0.377 e. The summed E-state index contributed by atoms with van der Waals surface area (Å²) < 4.78 is 9.40. The number of methoxy groups -OCH3 is 1. The van der Waals surface area contributed by atoms with Crippen molar-refractivity contribution in [1.29, 1.82) is 0 Å². The van der Waals surface area contributed by atoms with Crippen LogP contribution >= 0.6 is 11.5 Å². The van der Waals surface area contributed by atoms with Crippen molar-refractivity contribution in [1.82, 2.24) is 19.3 Å². The predicted molar refractivity (Wildman–Crippen MR) is 92.3 cm³/mol. The third-order valence-corrected chi connectivity index (χ3v) is 4.97. The molecule has 0 saturated carbocycles. The van der Waals surface area contributed by atoms with E-state index >= 15 is 0 Å². The van der Waals surface area contributed by atoms with Gasteiger partial charge in [-0.3, -0.25) is 4.79 Å². The fourth-order valence-corrected chi connectivity index (χ4v) is 3.84. The lowest BCUT2D eigenvalue weighted by atomic mass is 10.2. The van der Waals surface area contributed by atoms with Gasteiger partial charge in [0.05, 0.1) is 16.9 Å². The summed E-state index contributed by atoms with van der Waals surface area (Å²) in [6, 6.07) is 7.42. The van der Waals surface area contributed by atoms with Crippen molar-refractivity contribution in [3.8, 4) is 0 Å². The molecule has 4 rings (SSSR count). The predicted octanol–water partition coefficient (Wildman–Crippen LogP) is 2.26. The summed E-state index contributed by atoms with van der Waals surface area (Å²) in [6.07, 6.45) is 1.96. The van der Waals surface area contributed by atoms with Gasteiger partial charge in [0, 0.05) is 25.2 Å². The van der Waals surface area contributed by atoms with Gasteiger partial charge in [-0.05, 0) is 25.0 Å². The van der Waals surface area contributed by atoms with Crippen LogP contribution in [0, 0.1) is 0 Å². The normalized spacial score (nSPS) is 17.7. The van der Waals surface area contributed by atoms with Crippen LogP contribution < -0.4 is 10.5 Å². The van der Waals surface area contributed by atoms with Gasteiger partial charge in [-0.1, -0.05) is 12.1 Å². The Morgan fingerprint density at radius 2 is 2.25 bits per heavy atom. The highest BCUT2D eigenvalue weighted by molar-refractivity contribution is 7.09. The van der Waals surface area contributed by atoms with Gasteiger partial charge in [0.2, 0.25) is 5.13 Å². The fourth-order valence-electron chi connectivity index (χ4n) is 3.09. The number of H-pyrrole nitrogens is 1. The molecule has 24 heavy (non-hydrogen) atoms. The van der Waals surface area contributed by atoms with E-state index in [1.165, 1.54) is 11.5 Å². The number of hydrogen-bond donors (Lipinski definition) is 1. The van der Waals surface area contributed by atoms with Crippen molar-refractivity contribution in [2.75, 3.05) is 18.6 Å². The summed E-state index contributed by atoms with van der Waals surface area (Å²) in [5.41, 5.74) is 0.625. The second-order valence-corrected chi connectivity index (χ2v) is 6.48. The van der Waals surface area contributed by atoms with Crippen LogP contribution in [0.25, 0.3) is 10.9 Å². The minimum Gasteiger partial charge on any atom is -0.377 e. The third kappa shape index (κ3) is 2.67. The van der Waals surface area contributed by atoms with Gasteiger partial charge >= 0.3 is 0 Å². The Balaban J connectivity index is 1.70. The number of nitrogens with one attached hydrogen (secondary N) is 1. The minimum absolute atomic E-state index is 0.0191. The molecular formula is C16H17N5O2S. The maximum Gasteiger partial charge on any atom is 0.258 e. The Kier molecular flexibility index (Phi) is 3.99. The number of para-hydroxylation sites is 1. The zero-order valence-corrected chi connectivity index (χ0v) is 14.0. The number of anilines is 1. The van der Waals surface area contributed by atoms with E-state index in [0.29, 0.717) is 23.6 Å². The van der Waals surface area contributed by atoms with E-state index < -0.39 is 0 Å². The Bertz CT molecular complexity index is 922. The summed E-state index contributed by atoms with van der Waals surface area (Å²) in [6.45, 7) is 1.28. The molecule has 3 aromatic rings. The molecular weight excluding hydrogens is 326 g/mol. The Hall–Kier alpha value is -2.32. The first-order valence-electron chi connectivity index (χ1n) is 7.83. The molecule has 3 heterocycles. The molecule has 0 bridgehead atoms. The molecule has 0 amide bonds. The van der Waals surface area contributed by atoms with E-state index in [2.05, 4.69) is 24.2 Å². The zero-order chi connectivity index (χ0) is 16.5. The number of ether oxygens (including phenoxy) is 1. The molecule has 0 spiro atoms. The minimum atomic E-state index is -0.0974. The Labute approximate surface area is 142 Å². The van der Waals surface area contributed by atoms with Gasteiger partial charge in [-0.15, -0.1) is 0 Å². The fraction of sp³-hybridized carbons (Fsp3) is 0.375. The van der Waals surface area contributed by atoms with Crippen molar-refractivity contribution in [3.63, 3.8) is 0 Å². The topological polar surface area (TPSA) is 84.0 Å². The monoisotopic (exact) mass is 343 g/mol. The first-order chi connectivity index (χ1) is 11.8. The highest BCUT2D eigenvalue weighted by Crippen LogP contribution is 2.35. The van der Waals surface area contributed by atoms with E-state index in [4.69, 9.17) is 4.74 Å². The Morgan fingerprint density at radius 1 is 1.38 bits per heavy atom. The second kappa shape index (κ2) is 6.29. The van der Waals surface area contributed by atoms with Gasteiger partial charge in [0.1, 0.15) is 12.4 Å². The van der Waals surface area contributed by atoms with Crippen LogP contribution in [0.1, 0.15) is 30.5 Å². The van der Waals surface area contributed by atoms with E-state index in [1.807, 2.05) is 18.2 Å². The van der Waals surface area contributed by atoms with E-state index in [9.17, 15) is 4.79 Å². The van der Waals surface area contributed by atoms with Gasteiger partial charge in [0.25, 0.3) is 5.56 Å². The van der Waals surface area contributed by atoms with Crippen LogP contribution in [-0.4, -0.2) is 33.0 Å². The van der Waals surface area contributed by atoms with Crippen molar-refractivity contribution in [2.45, 2.75) is 25.5 Å². The van der Waals surface area contributed by atoms with Crippen LogP contribution in [0.2, 0.25) is 0 Å². The van der Waals surface area contributed by atoms with Crippen LogP contribution in [-0.2, 0) is 11.3 Å². The number of fused-ring (bicyclic) bond motifs is 1. The smallest absolute Gasteiger partial charge is 0.258 e.